The number of ether oxygens (including phenoxy) is 2. The molecule has 1 N–H and O–H groups in total. The molecule has 0 aliphatic rings. The number of rotatable bonds is 9. The second-order valence-corrected chi connectivity index (χ2v) is 9.33. The van der Waals surface area contributed by atoms with Crippen LogP contribution in [0.2, 0.25) is 0 Å². The molecule has 4 rings (SSSR count). The number of hydrogen-bond donors (Lipinski definition) is 1. The number of aromatic nitrogens is 3. The lowest BCUT2D eigenvalue weighted by Crippen LogP contribution is -2.12. The predicted molar refractivity (Wildman–Crippen MR) is 144 cm³/mol. The molecule has 184 valence electrons. The molecule has 4 aromatic rings. The van der Waals surface area contributed by atoms with Crippen molar-refractivity contribution < 1.29 is 14.3 Å². The molecular weight excluding hydrogens is 472 g/mol. The molecular formula is C28H28N4O3S. The fraction of sp³-hybridized carbons (Fsp3) is 0.214. The fourth-order valence-corrected chi connectivity index (χ4v) is 4.50. The topological polar surface area (TPSA) is 86.2 Å². The van der Waals surface area contributed by atoms with Gasteiger partial charge in [-0.3, -0.25) is 4.79 Å². The first-order chi connectivity index (χ1) is 17.4. The maximum absolute atomic E-state index is 12.5. The Bertz CT molecular complexity index is 1320. The van der Waals surface area contributed by atoms with Gasteiger partial charge in [-0.1, -0.05) is 17.8 Å². The van der Waals surface area contributed by atoms with Crippen LogP contribution in [-0.2, 0) is 4.79 Å². The summed E-state index contributed by atoms with van der Waals surface area (Å²) in [5.41, 5.74) is 6.19. The third-order valence-electron chi connectivity index (χ3n) is 5.46. The Morgan fingerprint density at radius 1 is 0.806 bits per heavy atom. The molecule has 3 aromatic carbocycles. The molecule has 0 fully saturated rings. The lowest BCUT2D eigenvalue weighted by atomic mass is 10.0. The number of benzene rings is 3. The van der Waals surface area contributed by atoms with Crippen molar-refractivity contribution in [3.8, 4) is 34.0 Å². The average Bonchev–Trinajstić information content (AvgIpc) is 2.88. The van der Waals surface area contributed by atoms with E-state index in [1.165, 1.54) is 11.8 Å². The highest BCUT2D eigenvalue weighted by Crippen LogP contribution is 2.32. The van der Waals surface area contributed by atoms with Gasteiger partial charge in [-0.05, 0) is 85.6 Å². The smallest absolute Gasteiger partial charge is 0.225 e. The third-order valence-corrected chi connectivity index (χ3v) is 6.30. The van der Waals surface area contributed by atoms with Crippen LogP contribution in [0, 0.1) is 13.8 Å². The SMILES string of the molecule is COc1ccc(-c2nnc(SCCC(=O)Nc3cc(C)cc(C)c3)nc2-c2ccc(OC)cc2)cc1. The fourth-order valence-electron chi connectivity index (χ4n) is 3.77. The van der Waals surface area contributed by atoms with Crippen LogP contribution in [0.4, 0.5) is 5.69 Å². The minimum absolute atomic E-state index is 0.0503. The zero-order valence-electron chi connectivity index (χ0n) is 20.7. The van der Waals surface area contributed by atoms with E-state index in [9.17, 15) is 4.79 Å². The molecule has 36 heavy (non-hydrogen) atoms. The summed E-state index contributed by atoms with van der Waals surface area (Å²) in [6.07, 6.45) is 0.332. The van der Waals surface area contributed by atoms with Crippen molar-refractivity contribution in [2.45, 2.75) is 25.4 Å². The lowest BCUT2D eigenvalue weighted by Gasteiger charge is -2.11. The number of carbonyl (C=O) groups excluding carboxylic acids is 1. The van der Waals surface area contributed by atoms with E-state index < -0.39 is 0 Å². The molecule has 1 aromatic heterocycles. The van der Waals surface area contributed by atoms with E-state index in [0.29, 0.717) is 28.7 Å². The Balaban J connectivity index is 1.51. The van der Waals surface area contributed by atoms with Gasteiger partial charge in [-0.15, -0.1) is 10.2 Å². The zero-order chi connectivity index (χ0) is 25.5. The van der Waals surface area contributed by atoms with Gasteiger partial charge in [0, 0.05) is 29.0 Å². The van der Waals surface area contributed by atoms with E-state index in [1.807, 2.05) is 74.5 Å². The molecule has 0 saturated heterocycles. The summed E-state index contributed by atoms with van der Waals surface area (Å²) in [6, 6.07) is 21.3. The van der Waals surface area contributed by atoms with Gasteiger partial charge in [-0.25, -0.2) is 4.98 Å². The van der Waals surface area contributed by atoms with Crippen LogP contribution in [-0.4, -0.2) is 41.1 Å². The Kier molecular flexibility index (Phi) is 8.17. The summed E-state index contributed by atoms with van der Waals surface area (Å²) in [6.45, 7) is 4.03. The van der Waals surface area contributed by atoms with Gasteiger partial charge in [-0.2, -0.15) is 0 Å². The molecule has 0 aliphatic carbocycles. The molecule has 0 aliphatic heterocycles. The summed E-state index contributed by atoms with van der Waals surface area (Å²) < 4.78 is 10.6. The summed E-state index contributed by atoms with van der Waals surface area (Å²) >= 11 is 1.40. The Morgan fingerprint density at radius 2 is 1.36 bits per heavy atom. The van der Waals surface area contributed by atoms with E-state index in [-0.39, 0.29) is 5.91 Å². The molecule has 1 heterocycles. The highest BCUT2D eigenvalue weighted by Gasteiger charge is 2.15. The van der Waals surface area contributed by atoms with Gasteiger partial charge in [0.25, 0.3) is 0 Å². The average molecular weight is 501 g/mol. The first-order valence-electron chi connectivity index (χ1n) is 11.5. The number of hydrogen-bond acceptors (Lipinski definition) is 7. The molecule has 0 atom stereocenters. The predicted octanol–water partition coefficient (Wildman–Crippen LogP) is 5.96. The maximum Gasteiger partial charge on any atom is 0.225 e. The first kappa shape index (κ1) is 25.2. The number of aryl methyl sites for hydroxylation is 2. The summed E-state index contributed by atoms with van der Waals surface area (Å²) in [5, 5.41) is 12.3. The van der Waals surface area contributed by atoms with Crippen LogP contribution < -0.4 is 14.8 Å². The molecule has 7 nitrogen and oxygen atoms in total. The highest BCUT2D eigenvalue weighted by atomic mass is 32.2. The normalized spacial score (nSPS) is 10.7. The van der Waals surface area contributed by atoms with Crippen molar-refractivity contribution in [3.05, 3.63) is 77.9 Å². The van der Waals surface area contributed by atoms with Gasteiger partial charge >= 0.3 is 0 Å². The minimum Gasteiger partial charge on any atom is -0.497 e. The number of nitrogens with zero attached hydrogens (tertiary/aromatic N) is 3. The van der Waals surface area contributed by atoms with Gasteiger partial charge < -0.3 is 14.8 Å². The molecule has 1 amide bonds. The van der Waals surface area contributed by atoms with Gasteiger partial charge in [0.2, 0.25) is 11.1 Å². The number of amides is 1. The standard InChI is InChI=1S/C28H28N4O3S/c1-18-15-19(2)17-22(16-18)29-25(33)13-14-36-28-30-26(20-5-9-23(34-3)10-6-20)27(31-32-28)21-7-11-24(35-4)12-8-21/h5-12,15-17H,13-14H2,1-4H3,(H,29,33). The number of anilines is 1. The van der Waals surface area contributed by atoms with Crippen molar-refractivity contribution in [2.75, 3.05) is 25.3 Å². The third kappa shape index (κ3) is 6.40. The second kappa shape index (κ2) is 11.7. The van der Waals surface area contributed by atoms with E-state index >= 15 is 0 Å². The van der Waals surface area contributed by atoms with Crippen molar-refractivity contribution in [2.24, 2.45) is 0 Å². The van der Waals surface area contributed by atoms with E-state index in [4.69, 9.17) is 14.5 Å². The largest absolute Gasteiger partial charge is 0.497 e. The number of thioether (sulfide) groups is 1. The van der Waals surface area contributed by atoms with Crippen molar-refractivity contribution in [1.29, 1.82) is 0 Å². The van der Waals surface area contributed by atoms with Crippen LogP contribution in [0.5, 0.6) is 11.5 Å². The van der Waals surface area contributed by atoms with E-state index in [2.05, 4.69) is 21.6 Å². The first-order valence-corrected chi connectivity index (χ1v) is 12.5. The molecule has 0 radical (unpaired) electrons. The van der Waals surface area contributed by atoms with Crippen molar-refractivity contribution in [3.63, 3.8) is 0 Å². The quantitative estimate of drug-likeness (QED) is 0.284. The van der Waals surface area contributed by atoms with Gasteiger partial charge in [0.05, 0.1) is 14.2 Å². The number of carbonyl (C=O) groups is 1. The van der Waals surface area contributed by atoms with E-state index in [1.54, 1.807) is 14.2 Å². The van der Waals surface area contributed by atoms with Crippen LogP contribution in [0.25, 0.3) is 22.5 Å². The number of methoxy groups -OCH3 is 2. The van der Waals surface area contributed by atoms with Gasteiger partial charge in [0.1, 0.15) is 22.9 Å². The zero-order valence-corrected chi connectivity index (χ0v) is 21.6. The lowest BCUT2D eigenvalue weighted by molar-refractivity contribution is -0.115. The van der Waals surface area contributed by atoms with Crippen LogP contribution >= 0.6 is 11.8 Å². The maximum atomic E-state index is 12.5. The monoisotopic (exact) mass is 500 g/mol. The van der Waals surface area contributed by atoms with Crippen LogP contribution in [0.15, 0.2) is 71.9 Å². The Hall–Kier alpha value is -3.91. The Labute approximate surface area is 215 Å². The van der Waals surface area contributed by atoms with E-state index in [0.717, 1.165) is 39.4 Å². The number of nitrogens with one attached hydrogen (secondary N) is 1. The highest BCUT2D eigenvalue weighted by molar-refractivity contribution is 7.99. The van der Waals surface area contributed by atoms with Crippen LogP contribution in [0.3, 0.4) is 0 Å². The molecule has 0 saturated carbocycles. The second-order valence-electron chi connectivity index (χ2n) is 8.27. The minimum atomic E-state index is -0.0503. The molecule has 8 heteroatoms. The molecule has 0 bridgehead atoms. The molecule has 0 unspecified atom stereocenters. The summed E-state index contributed by atoms with van der Waals surface area (Å²) in [5.74, 6) is 2.00. The van der Waals surface area contributed by atoms with Gasteiger partial charge in [0.15, 0.2) is 0 Å². The van der Waals surface area contributed by atoms with Crippen molar-refractivity contribution in [1.82, 2.24) is 15.2 Å². The Morgan fingerprint density at radius 3 is 1.92 bits per heavy atom. The van der Waals surface area contributed by atoms with Crippen molar-refractivity contribution >= 4 is 23.4 Å². The summed E-state index contributed by atoms with van der Waals surface area (Å²) in [7, 11) is 3.27. The molecule has 0 spiro atoms. The summed E-state index contributed by atoms with van der Waals surface area (Å²) in [4.78, 5) is 17.3. The van der Waals surface area contributed by atoms with Crippen LogP contribution in [0.1, 0.15) is 17.5 Å².